The third kappa shape index (κ3) is 5.02. The van der Waals surface area contributed by atoms with E-state index in [0.29, 0.717) is 0 Å². The maximum atomic E-state index is 6.26. The van der Waals surface area contributed by atoms with E-state index in [1.807, 2.05) is 6.07 Å². The van der Waals surface area contributed by atoms with Crippen molar-refractivity contribution >= 4 is 60.4 Å². The Balaban J connectivity index is 1.07. The summed E-state index contributed by atoms with van der Waals surface area (Å²) >= 11 is 0. The molecule has 0 amide bonds. The van der Waals surface area contributed by atoms with Crippen LogP contribution in [0.1, 0.15) is 43.4 Å². The van der Waals surface area contributed by atoms with Gasteiger partial charge in [0, 0.05) is 33.1 Å². The zero-order valence-corrected chi connectivity index (χ0v) is 31.0. The van der Waals surface area contributed by atoms with Crippen molar-refractivity contribution in [3.8, 4) is 22.3 Å². The Labute approximate surface area is 321 Å². The number of nitrogens with zero attached hydrogens (tertiary/aromatic N) is 1. The second-order valence-electron chi connectivity index (χ2n) is 15.6. The van der Waals surface area contributed by atoms with E-state index in [-0.39, 0.29) is 5.41 Å². The Bertz CT molecular complexity index is 3080. The van der Waals surface area contributed by atoms with E-state index in [2.05, 4.69) is 189 Å². The first-order chi connectivity index (χ1) is 27.0. The standard InChI is InChI=1S/C53H39NO/c1-53(2)47-16-8-5-14-43(47)46-33-41(28-29-48(46)53)54(49-17-9-6-13-42(49)39-22-19-34-11-3-4-12-37(34)31-39)40-26-23-35(24-27-40)38-21-20-36-25-30-51-52(45(36)32-38)44-15-7-10-18-50(44)55-51/h3-23,25-26,28-33H,24,27H2,1-2H3. The molecular formula is C53H39NO. The first kappa shape index (κ1) is 31.8. The third-order valence-corrected chi connectivity index (χ3v) is 12.2. The van der Waals surface area contributed by atoms with Crippen molar-refractivity contribution in [1.29, 1.82) is 0 Å². The Morgan fingerprint density at radius 2 is 1.22 bits per heavy atom. The summed E-state index contributed by atoms with van der Waals surface area (Å²) < 4.78 is 6.26. The molecule has 0 N–H and O–H groups in total. The number of anilines is 2. The fourth-order valence-corrected chi connectivity index (χ4v) is 9.37. The predicted molar refractivity (Wildman–Crippen MR) is 232 cm³/mol. The molecule has 8 aromatic carbocycles. The fraction of sp³-hybridized carbons (Fsp3) is 0.0943. The van der Waals surface area contributed by atoms with Gasteiger partial charge in [-0.2, -0.15) is 0 Å². The smallest absolute Gasteiger partial charge is 0.136 e. The van der Waals surface area contributed by atoms with Crippen LogP contribution in [0, 0.1) is 0 Å². The molecule has 0 unspecified atom stereocenters. The second-order valence-corrected chi connectivity index (χ2v) is 15.6. The molecule has 0 spiro atoms. The summed E-state index contributed by atoms with van der Waals surface area (Å²) in [5.74, 6) is 0. The molecule has 0 saturated carbocycles. The molecule has 9 aromatic rings. The molecule has 55 heavy (non-hydrogen) atoms. The van der Waals surface area contributed by atoms with E-state index in [4.69, 9.17) is 4.42 Å². The molecule has 0 atom stereocenters. The molecule has 2 aliphatic rings. The SMILES string of the molecule is CC1(C)c2ccccc2-c2cc(N(C3=CC=C(c4ccc5ccc6oc7ccccc7c6c5c4)CC3)c3ccccc3-c3ccc4ccccc4c3)ccc21. The summed E-state index contributed by atoms with van der Waals surface area (Å²) in [5, 5.41) is 7.33. The van der Waals surface area contributed by atoms with Crippen molar-refractivity contribution in [3.63, 3.8) is 0 Å². The lowest BCUT2D eigenvalue weighted by molar-refractivity contribution is 0.660. The average molecular weight is 706 g/mol. The van der Waals surface area contributed by atoms with Crippen LogP contribution in [-0.2, 0) is 5.41 Å². The number of furan rings is 1. The molecule has 0 bridgehead atoms. The minimum Gasteiger partial charge on any atom is -0.456 e. The topological polar surface area (TPSA) is 16.4 Å². The van der Waals surface area contributed by atoms with Crippen LogP contribution in [0.15, 0.2) is 186 Å². The predicted octanol–water partition coefficient (Wildman–Crippen LogP) is 14.8. The quantitative estimate of drug-likeness (QED) is 0.177. The van der Waals surface area contributed by atoms with E-state index >= 15 is 0 Å². The summed E-state index contributed by atoms with van der Waals surface area (Å²) in [4.78, 5) is 2.52. The summed E-state index contributed by atoms with van der Waals surface area (Å²) in [5.41, 5.74) is 16.0. The van der Waals surface area contributed by atoms with E-state index in [0.717, 1.165) is 24.0 Å². The van der Waals surface area contributed by atoms with Crippen LogP contribution in [0.3, 0.4) is 0 Å². The molecule has 2 aliphatic carbocycles. The molecule has 2 nitrogen and oxygen atoms in total. The van der Waals surface area contributed by atoms with Crippen LogP contribution in [0.5, 0.6) is 0 Å². The second kappa shape index (κ2) is 12.2. The lowest BCUT2D eigenvalue weighted by atomic mass is 9.82. The zero-order valence-electron chi connectivity index (χ0n) is 31.0. The van der Waals surface area contributed by atoms with Crippen LogP contribution < -0.4 is 4.90 Å². The summed E-state index contributed by atoms with van der Waals surface area (Å²) in [6.07, 6.45) is 6.56. The highest BCUT2D eigenvalue weighted by Crippen LogP contribution is 2.51. The molecule has 0 aliphatic heterocycles. The molecule has 1 heterocycles. The molecule has 2 heteroatoms. The van der Waals surface area contributed by atoms with E-state index < -0.39 is 0 Å². The van der Waals surface area contributed by atoms with Gasteiger partial charge < -0.3 is 9.32 Å². The maximum Gasteiger partial charge on any atom is 0.136 e. The van der Waals surface area contributed by atoms with Gasteiger partial charge in [0.1, 0.15) is 11.2 Å². The molecule has 11 rings (SSSR count). The number of hydrogen-bond donors (Lipinski definition) is 0. The summed E-state index contributed by atoms with van der Waals surface area (Å²) in [7, 11) is 0. The zero-order chi connectivity index (χ0) is 36.7. The van der Waals surface area contributed by atoms with Gasteiger partial charge in [0.15, 0.2) is 0 Å². The van der Waals surface area contributed by atoms with Crippen molar-refractivity contribution in [2.45, 2.75) is 32.1 Å². The number of fused-ring (bicyclic) bond motifs is 9. The van der Waals surface area contributed by atoms with Crippen molar-refractivity contribution in [1.82, 2.24) is 0 Å². The first-order valence-corrected chi connectivity index (χ1v) is 19.4. The number of benzene rings is 8. The van der Waals surface area contributed by atoms with Gasteiger partial charge >= 0.3 is 0 Å². The monoisotopic (exact) mass is 705 g/mol. The lowest BCUT2D eigenvalue weighted by Crippen LogP contribution is -2.19. The van der Waals surface area contributed by atoms with Gasteiger partial charge in [0.05, 0.1) is 5.69 Å². The van der Waals surface area contributed by atoms with Gasteiger partial charge in [-0.1, -0.05) is 141 Å². The highest BCUT2D eigenvalue weighted by molar-refractivity contribution is 6.19. The van der Waals surface area contributed by atoms with Crippen molar-refractivity contribution in [2.24, 2.45) is 0 Å². The van der Waals surface area contributed by atoms with Crippen molar-refractivity contribution < 1.29 is 4.42 Å². The number of para-hydroxylation sites is 2. The van der Waals surface area contributed by atoms with Gasteiger partial charge in [-0.05, 0) is 122 Å². The highest BCUT2D eigenvalue weighted by Gasteiger charge is 2.36. The van der Waals surface area contributed by atoms with Crippen molar-refractivity contribution in [2.75, 3.05) is 4.90 Å². The number of allylic oxidation sites excluding steroid dienone is 4. The summed E-state index contributed by atoms with van der Waals surface area (Å²) in [6.45, 7) is 4.71. The number of hydrogen-bond acceptors (Lipinski definition) is 2. The minimum atomic E-state index is -0.0474. The minimum absolute atomic E-state index is 0.0474. The molecule has 262 valence electrons. The first-order valence-electron chi connectivity index (χ1n) is 19.4. The van der Waals surface area contributed by atoms with Gasteiger partial charge in [-0.25, -0.2) is 0 Å². The van der Waals surface area contributed by atoms with Gasteiger partial charge in [-0.15, -0.1) is 0 Å². The normalized spacial score (nSPS) is 14.6. The molecule has 1 aromatic heterocycles. The van der Waals surface area contributed by atoms with E-state index in [1.54, 1.807) is 0 Å². The Kier molecular flexibility index (Phi) is 7.06. The Hall–Kier alpha value is -6.64. The Morgan fingerprint density at radius 1 is 0.491 bits per heavy atom. The maximum absolute atomic E-state index is 6.26. The molecular weight excluding hydrogens is 667 g/mol. The fourth-order valence-electron chi connectivity index (χ4n) is 9.37. The van der Waals surface area contributed by atoms with Gasteiger partial charge in [-0.3, -0.25) is 0 Å². The summed E-state index contributed by atoms with van der Waals surface area (Å²) in [6, 6.07) is 60.1. The van der Waals surface area contributed by atoms with Crippen LogP contribution >= 0.6 is 0 Å². The molecule has 0 radical (unpaired) electrons. The Morgan fingerprint density at radius 3 is 2.11 bits per heavy atom. The van der Waals surface area contributed by atoms with Crippen molar-refractivity contribution in [3.05, 3.63) is 198 Å². The third-order valence-electron chi connectivity index (χ3n) is 12.2. The average Bonchev–Trinajstić information content (AvgIpc) is 3.73. The molecule has 0 fully saturated rings. The van der Waals surface area contributed by atoms with Crippen LogP contribution in [0.2, 0.25) is 0 Å². The number of rotatable bonds is 5. The van der Waals surface area contributed by atoms with Gasteiger partial charge in [0.2, 0.25) is 0 Å². The molecule has 0 saturated heterocycles. The largest absolute Gasteiger partial charge is 0.456 e. The lowest BCUT2D eigenvalue weighted by Gasteiger charge is -2.32. The van der Waals surface area contributed by atoms with E-state index in [1.165, 1.54) is 93.9 Å². The van der Waals surface area contributed by atoms with Crippen LogP contribution in [-0.4, -0.2) is 0 Å². The highest BCUT2D eigenvalue weighted by atomic mass is 16.3. The van der Waals surface area contributed by atoms with E-state index in [9.17, 15) is 0 Å². The van der Waals surface area contributed by atoms with Crippen LogP contribution in [0.4, 0.5) is 11.4 Å². The van der Waals surface area contributed by atoms with Crippen LogP contribution in [0.25, 0.3) is 71.3 Å². The van der Waals surface area contributed by atoms with Gasteiger partial charge in [0.25, 0.3) is 0 Å².